The molecule has 9 heteroatoms. The van der Waals surface area contributed by atoms with Crippen LogP contribution in [0.2, 0.25) is 0 Å². The summed E-state index contributed by atoms with van der Waals surface area (Å²) >= 11 is 0. The third kappa shape index (κ3) is 4.32. The molecule has 9 nitrogen and oxygen atoms in total. The van der Waals surface area contributed by atoms with Crippen molar-refractivity contribution >= 4 is 12.1 Å². The lowest BCUT2D eigenvalue weighted by Crippen LogP contribution is -2.59. The van der Waals surface area contributed by atoms with E-state index in [1.807, 2.05) is 0 Å². The maximum Gasteiger partial charge on any atom is 0.410 e. The Kier molecular flexibility index (Phi) is 7.58. The molecule has 10 atom stereocenters. The van der Waals surface area contributed by atoms with Crippen molar-refractivity contribution in [3.05, 3.63) is 18.1 Å². The van der Waals surface area contributed by atoms with Crippen LogP contribution in [0.25, 0.3) is 0 Å². The van der Waals surface area contributed by atoms with E-state index in [2.05, 4.69) is 34.6 Å². The fourth-order valence-corrected chi connectivity index (χ4v) is 12.5. The minimum absolute atomic E-state index is 0.0695. The molecule has 257 valence electrons. The Morgan fingerprint density at radius 2 is 1.76 bits per heavy atom. The number of aliphatic hydroxyl groups excluding tert-OH is 1. The Balaban J connectivity index is 1.14. The van der Waals surface area contributed by atoms with Gasteiger partial charge < -0.3 is 34.1 Å². The van der Waals surface area contributed by atoms with Gasteiger partial charge in [-0.05, 0) is 99.2 Å². The van der Waals surface area contributed by atoms with Crippen molar-refractivity contribution in [1.29, 1.82) is 0 Å². The fourth-order valence-electron chi connectivity index (χ4n) is 12.5. The molecule has 3 radical (unpaired) electrons. The largest absolute Gasteiger partial charge is 0.456 e. The summed E-state index contributed by atoms with van der Waals surface area (Å²) in [4.78, 5) is 27.0. The summed E-state index contributed by atoms with van der Waals surface area (Å²) < 4.78 is 24.0. The topological polar surface area (TPSA) is 115 Å². The molecule has 7 fully saturated rings. The highest BCUT2D eigenvalue weighted by atomic mass is 16.6. The van der Waals surface area contributed by atoms with E-state index in [4.69, 9.17) is 18.9 Å². The van der Waals surface area contributed by atoms with Crippen molar-refractivity contribution in [2.45, 2.75) is 131 Å². The molecule has 0 aromatic heterocycles. The SMILES string of the molecule is CC(=O)O[C@@H]([C]1C[C@@H](C)[C@H]2[C](O1)[C@H](O)[C@@]1(C)[C]3CC[C@H]4C(C)(C)C(OC(=O)N5CCOCC5)CC[C@@]45C[C@@]35CC[C@]21C)C(C)(C)O. The number of fused-ring (bicyclic) bond motifs is 4. The molecule has 2 aliphatic heterocycles. The van der Waals surface area contributed by atoms with Gasteiger partial charge in [0.25, 0.3) is 0 Å². The van der Waals surface area contributed by atoms with Crippen molar-refractivity contribution < 1.29 is 38.7 Å². The van der Waals surface area contributed by atoms with Gasteiger partial charge in [-0.2, -0.15) is 0 Å². The molecule has 5 aliphatic carbocycles. The molecule has 7 rings (SSSR count). The normalized spacial score (nSPS) is 46.2. The van der Waals surface area contributed by atoms with Crippen LogP contribution in [-0.2, 0) is 23.7 Å². The summed E-state index contributed by atoms with van der Waals surface area (Å²) in [5.41, 5.74) is -1.80. The Morgan fingerprint density at radius 3 is 2.41 bits per heavy atom. The van der Waals surface area contributed by atoms with E-state index in [0.29, 0.717) is 50.8 Å². The van der Waals surface area contributed by atoms with Crippen LogP contribution >= 0.6 is 0 Å². The van der Waals surface area contributed by atoms with Crippen molar-refractivity contribution in [2.75, 3.05) is 26.3 Å². The molecule has 1 unspecified atom stereocenters. The van der Waals surface area contributed by atoms with Crippen molar-refractivity contribution in [1.82, 2.24) is 4.90 Å². The molecule has 0 bridgehead atoms. The summed E-state index contributed by atoms with van der Waals surface area (Å²) in [5.74, 6) is 1.75. The van der Waals surface area contributed by atoms with Gasteiger partial charge in [0.15, 0.2) is 6.10 Å². The Labute approximate surface area is 275 Å². The molecule has 0 aromatic carbocycles. The Bertz CT molecular complexity index is 1240. The molecule has 46 heavy (non-hydrogen) atoms. The zero-order chi connectivity index (χ0) is 33.2. The summed E-state index contributed by atoms with van der Waals surface area (Å²) in [6.45, 7) is 18.5. The lowest BCUT2D eigenvalue weighted by molar-refractivity contribution is -0.171. The molecule has 5 saturated carbocycles. The third-order valence-electron chi connectivity index (χ3n) is 14.7. The quantitative estimate of drug-likeness (QED) is 0.380. The van der Waals surface area contributed by atoms with Crippen LogP contribution in [0.4, 0.5) is 4.79 Å². The number of morpholine rings is 1. The van der Waals surface area contributed by atoms with E-state index < -0.39 is 29.2 Å². The van der Waals surface area contributed by atoms with Crippen LogP contribution in [-0.4, -0.2) is 77.4 Å². The van der Waals surface area contributed by atoms with E-state index in [0.717, 1.165) is 44.9 Å². The van der Waals surface area contributed by atoms with Gasteiger partial charge in [0.1, 0.15) is 18.3 Å². The second-order valence-electron chi connectivity index (χ2n) is 17.6. The summed E-state index contributed by atoms with van der Waals surface area (Å²) in [5, 5.41) is 23.4. The van der Waals surface area contributed by atoms with E-state index >= 15 is 0 Å². The van der Waals surface area contributed by atoms with Gasteiger partial charge in [0, 0.05) is 36.8 Å². The number of rotatable bonds is 4. The van der Waals surface area contributed by atoms with Gasteiger partial charge in [-0.1, -0.05) is 34.6 Å². The standard InChI is InChI=1S/C37H56NO8/c1-21-19-23(30(33(5,6)42)44-22(2)39)45-28-27(21)34(7)13-14-37-20-36(37)12-11-26(46-31(41)38-15-17-43-18-16-38)32(3,4)24(36)9-10-25(37)35(34,8)29(28)40/h21,24,26-27,29-30,40,42H,9-20H2,1-8H3/t21-,24+,26?,27+,29+,30+,34-,35-,36-,37+/m1/s1. The third-order valence-corrected chi connectivity index (χ3v) is 14.7. The zero-order valence-corrected chi connectivity index (χ0v) is 29.2. The highest BCUT2D eigenvalue weighted by Crippen LogP contribution is 2.90. The van der Waals surface area contributed by atoms with Crippen LogP contribution in [0.5, 0.6) is 0 Å². The smallest absolute Gasteiger partial charge is 0.410 e. The van der Waals surface area contributed by atoms with Gasteiger partial charge in [0.05, 0.1) is 24.9 Å². The first kappa shape index (κ1) is 33.1. The molecule has 0 aromatic rings. The monoisotopic (exact) mass is 642 g/mol. The molecule has 2 spiro atoms. The predicted octanol–water partition coefficient (Wildman–Crippen LogP) is 5.62. The Morgan fingerprint density at radius 1 is 1.07 bits per heavy atom. The van der Waals surface area contributed by atoms with E-state index in [-0.39, 0.29) is 45.7 Å². The molecular formula is C37H56NO8. The molecule has 2 saturated heterocycles. The van der Waals surface area contributed by atoms with Gasteiger partial charge in [-0.3, -0.25) is 4.79 Å². The number of hydrogen-bond acceptors (Lipinski definition) is 8. The second-order valence-corrected chi connectivity index (χ2v) is 17.6. The number of amides is 1. The van der Waals surface area contributed by atoms with Gasteiger partial charge in [0.2, 0.25) is 0 Å². The van der Waals surface area contributed by atoms with Crippen LogP contribution in [0.3, 0.4) is 0 Å². The predicted molar refractivity (Wildman–Crippen MR) is 169 cm³/mol. The molecule has 7 aliphatic rings. The molecule has 2 N–H and O–H groups in total. The average molecular weight is 643 g/mol. The van der Waals surface area contributed by atoms with Gasteiger partial charge in [-0.15, -0.1) is 0 Å². The van der Waals surface area contributed by atoms with Crippen LogP contribution in [0, 0.1) is 63.0 Å². The number of carbonyl (C=O) groups excluding carboxylic acids is 2. The number of esters is 1. The van der Waals surface area contributed by atoms with Gasteiger partial charge >= 0.3 is 12.1 Å². The molecule has 1 amide bonds. The first-order valence-corrected chi connectivity index (χ1v) is 17.8. The zero-order valence-electron chi connectivity index (χ0n) is 29.2. The first-order valence-electron chi connectivity index (χ1n) is 17.8. The highest BCUT2D eigenvalue weighted by Gasteiger charge is 2.85. The van der Waals surface area contributed by atoms with Gasteiger partial charge in [-0.25, -0.2) is 4.79 Å². The maximum atomic E-state index is 13.2. The summed E-state index contributed by atoms with van der Waals surface area (Å²) in [6, 6.07) is 0. The van der Waals surface area contributed by atoms with Crippen LogP contribution < -0.4 is 0 Å². The van der Waals surface area contributed by atoms with E-state index in [9.17, 15) is 19.8 Å². The van der Waals surface area contributed by atoms with Crippen molar-refractivity contribution in [2.24, 2.45) is 44.8 Å². The maximum absolute atomic E-state index is 13.2. The average Bonchev–Trinajstić information content (AvgIpc) is 3.61. The number of aliphatic hydroxyl groups is 2. The Hall–Kier alpha value is -1.42. The number of ether oxygens (including phenoxy) is 4. The van der Waals surface area contributed by atoms with E-state index in [1.54, 1.807) is 18.7 Å². The first-order chi connectivity index (χ1) is 21.4. The second kappa shape index (κ2) is 10.5. The van der Waals surface area contributed by atoms with Crippen LogP contribution in [0.15, 0.2) is 0 Å². The minimum Gasteiger partial charge on any atom is -0.456 e. The van der Waals surface area contributed by atoms with Crippen molar-refractivity contribution in [3.8, 4) is 0 Å². The van der Waals surface area contributed by atoms with Crippen molar-refractivity contribution in [3.63, 3.8) is 0 Å². The lowest BCUT2D eigenvalue weighted by Gasteiger charge is -2.63. The van der Waals surface area contributed by atoms with E-state index in [1.165, 1.54) is 12.8 Å². The highest BCUT2D eigenvalue weighted by molar-refractivity contribution is 5.68. The number of hydrogen-bond donors (Lipinski definition) is 2. The molecule has 2 heterocycles. The number of carbonyl (C=O) groups is 2. The molecular weight excluding hydrogens is 586 g/mol. The fraction of sp³-hybridized carbons (Fsp3) is 0.865. The van der Waals surface area contributed by atoms with Crippen LogP contribution in [0.1, 0.15) is 107 Å². The summed E-state index contributed by atoms with van der Waals surface area (Å²) in [6.07, 6.45) is 7.02. The minimum atomic E-state index is -1.32. The lowest BCUT2D eigenvalue weighted by atomic mass is 9.41. The summed E-state index contributed by atoms with van der Waals surface area (Å²) in [7, 11) is 0. The number of nitrogens with zero attached hydrogens (tertiary/aromatic N) is 1.